The van der Waals surface area contributed by atoms with Crippen LogP contribution in [0.3, 0.4) is 0 Å². The van der Waals surface area contributed by atoms with Gasteiger partial charge in [0.15, 0.2) is 0 Å². The zero-order valence-corrected chi connectivity index (χ0v) is 12.7. The quantitative estimate of drug-likeness (QED) is 0.839. The molecule has 0 heterocycles. The van der Waals surface area contributed by atoms with E-state index in [0.29, 0.717) is 5.92 Å². The van der Waals surface area contributed by atoms with Crippen LogP contribution in [0.2, 0.25) is 0 Å². The largest absolute Gasteiger partial charge is 0.480 e. The maximum Gasteiger partial charge on any atom is 0.323 e. The molecule has 1 aliphatic rings. The molecule has 1 aliphatic carbocycles. The van der Waals surface area contributed by atoms with Crippen molar-refractivity contribution in [3.63, 3.8) is 0 Å². The summed E-state index contributed by atoms with van der Waals surface area (Å²) in [4.78, 5) is 24.6. The van der Waals surface area contributed by atoms with Gasteiger partial charge in [0, 0.05) is 6.04 Å². The number of carboxylic acid groups (broad SMARTS) is 1. The van der Waals surface area contributed by atoms with Gasteiger partial charge in [-0.15, -0.1) is 0 Å². The molecule has 21 heavy (non-hydrogen) atoms. The highest BCUT2D eigenvalue weighted by Crippen LogP contribution is 2.27. The molecule has 1 saturated carbocycles. The highest BCUT2D eigenvalue weighted by atomic mass is 16.4. The van der Waals surface area contributed by atoms with Crippen LogP contribution in [0.5, 0.6) is 0 Å². The fraction of sp³-hybridized carbons (Fsp3) is 0.529. The van der Waals surface area contributed by atoms with Crippen molar-refractivity contribution in [1.82, 2.24) is 4.90 Å². The summed E-state index contributed by atoms with van der Waals surface area (Å²) in [6.45, 7) is 4.17. The summed E-state index contributed by atoms with van der Waals surface area (Å²) in [5, 5.41) is 8.90. The topological polar surface area (TPSA) is 57.6 Å². The first kappa shape index (κ1) is 15.5. The number of rotatable bonds is 7. The summed E-state index contributed by atoms with van der Waals surface area (Å²) in [6, 6.07) is 8.19. The van der Waals surface area contributed by atoms with E-state index >= 15 is 0 Å². The van der Waals surface area contributed by atoms with Crippen LogP contribution < -0.4 is 0 Å². The number of nitrogens with zero attached hydrogens (tertiary/aromatic N) is 1. The summed E-state index contributed by atoms with van der Waals surface area (Å²) in [5.74, 6) is -0.419. The van der Waals surface area contributed by atoms with Crippen molar-refractivity contribution < 1.29 is 14.7 Å². The Kier molecular flexibility index (Phi) is 4.99. The SMILES string of the molecule is CC(C)Cc1ccc(CC(=O)N(CC(=O)O)C2CC2)cc1. The number of hydrogen-bond donors (Lipinski definition) is 1. The van der Waals surface area contributed by atoms with Gasteiger partial charge in [0.2, 0.25) is 5.91 Å². The molecule has 0 saturated heterocycles. The van der Waals surface area contributed by atoms with Gasteiger partial charge in [0.25, 0.3) is 0 Å². The van der Waals surface area contributed by atoms with Crippen LogP contribution in [0.1, 0.15) is 37.8 Å². The number of carboxylic acids is 1. The molecule has 0 bridgehead atoms. The van der Waals surface area contributed by atoms with Gasteiger partial charge in [0.05, 0.1) is 6.42 Å². The van der Waals surface area contributed by atoms with Gasteiger partial charge in [0.1, 0.15) is 6.54 Å². The van der Waals surface area contributed by atoms with Gasteiger partial charge < -0.3 is 10.0 Å². The number of benzene rings is 1. The van der Waals surface area contributed by atoms with Crippen molar-refractivity contribution in [2.75, 3.05) is 6.54 Å². The molecular formula is C17H23NO3. The molecule has 4 nitrogen and oxygen atoms in total. The molecule has 1 fully saturated rings. The van der Waals surface area contributed by atoms with Crippen molar-refractivity contribution >= 4 is 11.9 Å². The lowest BCUT2D eigenvalue weighted by molar-refractivity contribution is -0.144. The maximum absolute atomic E-state index is 12.3. The lowest BCUT2D eigenvalue weighted by atomic mass is 10.0. The first-order valence-corrected chi connectivity index (χ1v) is 7.54. The highest BCUT2D eigenvalue weighted by molar-refractivity contribution is 5.83. The Bertz CT molecular complexity index is 503. The van der Waals surface area contributed by atoms with E-state index < -0.39 is 5.97 Å². The Morgan fingerprint density at radius 3 is 2.24 bits per heavy atom. The monoisotopic (exact) mass is 289 g/mol. The Labute approximate surface area is 125 Å². The minimum atomic E-state index is -0.942. The summed E-state index contributed by atoms with van der Waals surface area (Å²) in [7, 11) is 0. The molecule has 1 amide bonds. The van der Waals surface area contributed by atoms with E-state index in [1.165, 1.54) is 10.5 Å². The van der Waals surface area contributed by atoms with Crippen molar-refractivity contribution in [3.05, 3.63) is 35.4 Å². The van der Waals surface area contributed by atoms with Crippen LogP contribution in [0.25, 0.3) is 0 Å². The van der Waals surface area contributed by atoms with Gasteiger partial charge in [-0.3, -0.25) is 9.59 Å². The summed E-state index contributed by atoms with van der Waals surface area (Å²) >= 11 is 0. The summed E-state index contributed by atoms with van der Waals surface area (Å²) < 4.78 is 0. The van der Waals surface area contributed by atoms with Crippen LogP contribution in [0.4, 0.5) is 0 Å². The third kappa shape index (κ3) is 4.88. The minimum absolute atomic E-state index is 0.0866. The predicted octanol–water partition coefficient (Wildman–Crippen LogP) is 2.50. The van der Waals surface area contributed by atoms with E-state index in [1.807, 2.05) is 12.1 Å². The Morgan fingerprint density at radius 1 is 1.19 bits per heavy atom. The fourth-order valence-corrected chi connectivity index (χ4v) is 2.49. The number of aliphatic carboxylic acids is 1. The molecular weight excluding hydrogens is 266 g/mol. The average Bonchev–Trinajstić information content (AvgIpc) is 3.21. The van der Waals surface area contributed by atoms with Gasteiger partial charge in [-0.2, -0.15) is 0 Å². The summed E-state index contributed by atoms with van der Waals surface area (Å²) in [5.41, 5.74) is 2.22. The molecule has 0 aliphatic heterocycles. The van der Waals surface area contributed by atoms with E-state index in [1.54, 1.807) is 0 Å². The predicted molar refractivity (Wildman–Crippen MR) is 81.1 cm³/mol. The number of carbonyl (C=O) groups excluding carboxylic acids is 1. The zero-order valence-electron chi connectivity index (χ0n) is 12.7. The molecule has 2 rings (SSSR count). The molecule has 114 valence electrons. The molecule has 0 unspecified atom stereocenters. The number of hydrogen-bond acceptors (Lipinski definition) is 2. The molecule has 4 heteroatoms. The average molecular weight is 289 g/mol. The molecule has 0 aromatic heterocycles. The van der Waals surface area contributed by atoms with Crippen molar-refractivity contribution in [2.24, 2.45) is 5.92 Å². The first-order valence-electron chi connectivity index (χ1n) is 7.54. The first-order chi connectivity index (χ1) is 9.95. The standard InChI is InChI=1S/C17H23NO3/c1-12(2)9-13-3-5-14(6-4-13)10-16(19)18(11-17(20)21)15-7-8-15/h3-6,12,15H,7-11H2,1-2H3,(H,20,21). The van der Waals surface area contributed by atoms with Gasteiger partial charge in [-0.05, 0) is 36.3 Å². The number of amides is 1. The third-order valence-electron chi connectivity index (χ3n) is 3.64. The van der Waals surface area contributed by atoms with Gasteiger partial charge in [-0.25, -0.2) is 0 Å². The smallest absolute Gasteiger partial charge is 0.323 e. The van der Waals surface area contributed by atoms with Gasteiger partial charge >= 0.3 is 5.97 Å². The third-order valence-corrected chi connectivity index (χ3v) is 3.64. The van der Waals surface area contributed by atoms with E-state index in [2.05, 4.69) is 26.0 Å². The molecule has 0 radical (unpaired) electrons. The Hall–Kier alpha value is -1.84. The molecule has 1 aromatic rings. The zero-order chi connectivity index (χ0) is 15.4. The van der Waals surface area contributed by atoms with Crippen LogP contribution in [0, 0.1) is 5.92 Å². The Morgan fingerprint density at radius 2 is 1.76 bits per heavy atom. The Balaban J connectivity index is 1.96. The van der Waals surface area contributed by atoms with Crippen LogP contribution in [0.15, 0.2) is 24.3 Å². The minimum Gasteiger partial charge on any atom is -0.480 e. The molecule has 0 atom stereocenters. The van der Waals surface area contributed by atoms with E-state index in [9.17, 15) is 9.59 Å². The van der Waals surface area contributed by atoms with E-state index in [0.717, 1.165) is 24.8 Å². The second kappa shape index (κ2) is 6.74. The van der Waals surface area contributed by atoms with Crippen LogP contribution in [-0.4, -0.2) is 34.5 Å². The highest BCUT2D eigenvalue weighted by Gasteiger charge is 2.33. The van der Waals surface area contributed by atoms with Crippen LogP contribution in [-0.2, 0) is 22.4 Å². The van der Waals surface area contributed by atoms with Crippen molar-refractivity contribution in [2.45, 2.75) is 45.6 Å². The van der Waals surface area contributed by atoms with Gasteiger partial charge in [-0.1, -0.05) is 38.1 Å². The normalized spacial score (nSPS) is 14.2. The van der Waals surface area contributed by atoms with Crippen molar-refractivity contribution in [3.8, 4) is 0 Å². The van der Waals surface area contributed by atoms with E-state index in [-0.39, 0.29) is 24.9 Å². The molecule has 1 N–H and O–H groups in total. The maximum atomic E-state index is 12.3. The molecule has 0 spiro atoms. The molecule has 1 aromatic carbocycles. The van der Waals surface area contributed by atoms with Crippen LogP contribution >= 0.6 is 0 Å². The number of carbonyl (C=O) groups is 2. The lowest BCUT2D eigenvalue weighted by Crippen LogP contribution is -2.38. The van der Waals surface area contributed by atoms with E-state index in [4.69, 9.17) is 5.11 Å². The lowest BCUT2D eigenvalue weighted by Gasteiger charge is -2.20. The summed E-state index contributed by atoms with van der Waals surface area (Å²) in [6.07, 6.45) is 3.16. The van der Waals surface area contributed by atoms with Crippen molar-refractivity contribution in [1.29, 1.82) is 0 Å². The fourth-order valence-electron chi connectivity index (χ4n) is 2.49. The second-order valence-electron chi connectivity index (χ2n) is 6.24. The second-order valence-corrected chi connectivity index (χ2v) is 6.24.